The Labute approximate surface area is 147 Å². The summed E-state index contributed by atoms with van der Waals surface area (Å²) < 4.78 is 0. The molecule has 1 unspecified atom stereocenters. The fraction of sp³-hybridized carbons (Fsp3) is 0.350. The van der Waals surface area contributed by atoms with Crippen molar-refractivity contribution in [2.75, 3.05) is 19.6 Å². The highest BCUT2D eigenvalue weighted by atomic mass is 32.2. The molecular weight excluding hydrogens is 316 g/mol. The van der Waals surface area contributed by atoms with E-state index in [4.69, 9.17) is 5.73 Å². The van der Waals surface area contributed by atoms with Gasteiger partial charge in [-0.25, -0.2) is 0 Å². The van der Waals surface area contributed by atoms with E-state index in [0.29, 0.717) is 18.4 Å². The molecule has 4 heteroatoms. The van der Waals surface area contributed by atoms with Gasteiger partial charge < -0.3 is 10.6 Å². The maximum absolute atomic E-state index is 13.0. The van der Waals surface area contributed by atoms with Crippen molar-refractivity contribution in [3.63, 3.8) is 0 Å². The number of benzene rings is 2. The molecule has 2 aliphatic rings. The van der Waals surface area contributed by atoms with Gasteiger partial charge in [0.2, 0.25) is 5.91 Å². The zero-order valence-electron chi connectivity index (χ0n) is 13.6. The van der Waals surface area contributed by atoms with Gasteiger partial charge in [-0.3, -0.25) is 4.79 Å². The van der Waals surface area contributed by atoms with E-state index in [2.05, 4.69) is 42.5 Å². The average Bonchev–Trinajstić information content (AvgIpc) is 3.26. The molecule has 2 aliphatic heterocycles. The molecule has 0 bridgehead atoms. The molecule has 3 nitrogen and oxygen atoms in total. The fourth-order valence-electron chi connectivity index (χ4n) is 3.89. The van der Waals surface area contributed by atoms with E-state index in [9.17, 15) is 4.79 Å². The van der Waals surface area contributed by atoms with Crippen LogP contribution < -0.4 is 5.73 Å². The van der Waals surface area contributed by atoms with Crippen LogP contribution in [0.2, 0.25) is 0 Å². The third-order valence-corrected chi connectivity index (χ3v) is 6.51. The van der Waals surface area contributed by atoms with E-state index in [1.54, 1.807) is 11.8 Å². The highest BCUT2D eigenvalue weighted by molar-refractivity contribution is 8.01. The summed E-state index contributed by atoms with van der Waals surface area (Å²) in [7, 11) is 0. The van der Waals surface area contributed by atoms with E-state index in [0.717, 1.165) is 19.5 Å². The third-order valence-electron chi connectivity index (χ3n) is 5.21. The van der Waals surface area contributed by atoms with Crippen LogP contribution in [0.4, 0.5) is 0 Å². The lowest BCUT2D eigenvalue weighted by atomic mass is 9.89. The van der Waals surface area contributed by atoms with Crippen molar-refractivity contribution in [3.05, 3.63) is 65.7 Å². The van der Waals surface area contributed by atoms with Crippen molar-refractivity contribution < 1.29 is 4.79 Å². The Morgan fingerprint density at radius 1 is 1.08 bits per heavy atom. The Kier molecular flexibility index (Phi) is 4.33. The number of thioether (sulfide) groups is 1. The lowest BCUT2D eigenvalue weighted by Crippen LogP contribution is -2.36. The van der Waals surface area contributed by atoms with Crippen molar-refractivity contribution >= 4 is 17.7 Å². The van der Waals surface area contributed by atoms with E-state index in [-0.39, 0.29) is 11.2 Å². The monoisotopic (exact) mass is 338 g/mol. The highest BCUT2D eigenvalue weighted by Crippen LogP contribution is 2.39. The van der Waals surface area contributed by atoms with Crippen molar-refractivity contribution in [2.24, 2.45) is 11.7 Å². The van der Waals surface area contributed by atoms with Crippen molar-refractivity contribution in [1.82, 2.24) is 4.90 Å². The van der Waals surface area contributed by atoms with Crippen LogP contribution >= 0.6 is 11.8 Å². The molecule has 3 atom stereocenters. The van der Waals surface area contributed by atoms with Crippen LogP contribution in [0.1, 0.15) is 17.0 Å². The van der Waals surface area contributed by atoms with Gasteiger partial charge in [0, 0.05) is 23.9 Å². The zero-order chi connectivity index (χ0) is 16.5. The zero-order valence-corrected chi connectivity index (χ0v) is 14.4. The van der Waals surface area contributed by atoms with Gasteiger partial charge in [0.25, 0.3) is 0 Å². The van der Waals surface area contributed by atoms with Gasteiger partial charge in [0.1, 0.15) is 0 Å². The second-order valence-electron chi connectivity index (χ2n) is 6.67. The van der Waals surface area contributed by atoms with Crippen molar-refractivity contribution in [3.8, 4) is 0 Å². The molecule has 0 aromatic heterocycles. The molecule has 1 fully saturated rings. The summed E-state index contributed by atoms with van der Waals surface area (Å²) in [5.74, 6) is 0.979. The third kappa shape index (κ3) is 2.85. The van der Waals surface area contributed by atoms with Crippen molar-refractivity contribution in [1.29, 1.82) is 0 Å². The number of fused-ring (bicyclic) bond motifs is 1. The lowest BCUT2D eigenvalue weighted by molar-refractivity contribution is -0.129. The molecule has 2 aromatic rings. The second-order valence-corrected chi connectivity index (χ2v) is 7.92. The highest BCUT2D eigenvalue weighted by Gasteiger charge is 2.39. The summed E-state index contributed by atoms with van der Waals surface area (Å²) >= 11 is 1.71. The molecule has 2 heterocycles. The maximum Gasteiger partial charge on any atom is 0.236 e. The maximum atomic E-state index is 13.0. The number of rotatable bonds is 3. The van der Waals surface area contributed by atoms with E-state index in [1.807, 2.05) is 17.0 Å². The first-order chi connectivity index (χ1) is 11.8. The molecule has 0 aliphatic carbocycles. The van der Waals surface area contributed by atoms with Crippen molar-refractivity contribution in [2.45, 2.75) is 22.5 Å². The Balaban J connectivity index is 1.49. The summed E-state index contributed by atoms with van der Waals surface area (Å²) in [6, 6.07) is 18.8. The van der Waals surface area contributed by atoms with Crippen LogP contribution in [0.15, 0.2) is 59.5 Å². The predicted octanol–water partition coefficient (Wildman–Crippen LogP) is 2.90. The smallest absolute Gasteiger partial charge is 0.236 e. The minimum atomic E-state index is 0.0235. The molecule has 0 radical (unpaired) electrons. The lowest BCUT2D eigenvalue weighted by Gasteiger charge is -2.20. The van der Waals surface area contributed by atoms with Crippen LogP contribution in [0, 0.1) is 5.92 Å². The van der Waals surface area contributed by atoms with Gasteiger partial charge in [-0.2, -0.15) is 0 Å². The molecule has 1 saturated heterocycles. The number of hydrogen-bond donors (Lipinski definition) is 1. The number of likely N-dealkylation sites (tertiary alicyclic amines) is 1. The Morgan fingerprint density at radius 3 is 2.58 bits per heavy atom. The van der Waals surface area contributed by atoms with Crippen LogP contribution in [-0.2, 0) is 11.2 Å². The first-order valence-electron chi connectivity index (χ1n) is 8.54. The molecule has 0 spiro atoms. The Bertz CT molecular complexity index is 708. The van der Waals surface area contributed by atoms with Crippen LogP contribution in [0.5, 0.6) is 0 Å². The molecule has 2 aromatic carbocycles. The van der Waals surface area contributed by atoms with Crippen LogP contribution in [0.25, 0.3) is 0 Å². The van der Waals surface area contributed by atoms with Gasteiger partial charge >= 0.3 is 0 Å². The standard InChI is InChI=1S/C20H22N2OS/c21-11-16-12-22(13-17(16)14-6-2-1-3-7-14)20(23)19-10-15-8-4-5-9-18(15)24-19/h1-9,16-17,19H,10-13,21H2/t16-,17+,19?/m1/s1. The predicted molar refractivity (Wildman–Crippen MR) is 98.1 cm³/mol. The summed E-state index contributed by atoms with van der Waals surface area (Å²) in [6.45, 7) is 2.20. The molecule has 124 valence electrons. The first-order valence-corrected chi connectivity index (χ1v) is 9.42. The van der Waals surface area contributed by atoms with Gasteiger partial charge in [-0.1, -0.05) is 48.5 Å². The summed E-state index contributed by atoms with van der Waals surface area (Å²) in [4.78, 5) is 16.3. The largest absolute Gasteiger partial charge is 0.341 e. The number of amides is 1. The number of hydrogen-bond acceptors (Lipinski definition) is 3. The van der Waals surface area contributed by atoms with E-state index in [1.165, 1.54) is 16.0 Å². The van der Waals surface area contributed by atoms with Gasteiger partial charge in [-0.05, 0) is 36.1 Å². The van der Waals surface area contributed by atoms with E-state index < -0.39 is 0 Å². The summed E-state index contributed by atoms with van der Waals surface area (Å²) in [5, 5.41) is 0.0235. The number of nitrogens with zero attached hydrogens (tertiary/aromatic N) is 1. The SMILES string of the molecule is NC[C@@H]1CN(C(=O)C2Cc3ccccc3S2)C[C@H]1c1ccccc1. The minimum absolute atomic E-state index is 0.0235. The number of carbonyl (C=O) groups excluding carboxylic acids is 1. The van der Waals surface area contributed by atoms with Gasteiger partial charge in [0.15, 0.2) is 0 Å². The molecule has 24 heavy (non-hydrogen) atoms. The molecule has 1 amide bonds. The Morgan fingerprint density at radius 2 is 1.83 bits per heavy atom. The quantitative estimate of drug-likeness (QED) is 0.936. The molecule has 0 saturated carbocycles. The second kappa shape index (κ2) is 6.61. The van der Waals surface area contributed by atoms with Crippen LogP contribution in [-0.4, -0.2) is 35.7 Å². The topological polar surface area (TPSA) is 46.3 Å². The van der Waals surface area contributed by atoms with Gasteiger partial charge in [0.05, 0.1) is 5.25 Å². The van der Waals surface area contributed by atoms with Gasteiger partial charge in [-0.15, -0.1) is 11.8 Å². The average molecular weight is 338 g/mol. The molecule has 2 N–H and O–H groups in total. The first kappa shape index (κ1) is 15.7. The number of carbonyl (C=O) groups is 1. The minimum Gasteiger partial charge on any atom is -0.341 e. The van der Waals surface area contributed by atoms with E-state index >= 15 is 0 Å². The Hall–Kier alpha value is -1.78. The summed E-state index contributed by atoms with van der Waals surface area (Å²) in [6.07, 6.45) is 0.847. The number of nitrogens with two attached hydrogens (primary N) is 1. The molecule has 4 rings (SSSR count). The van der Waals surface area contributed by atoms with Crippen LogP contribution in [0.3, 0.4) is 0 Å². The molecular formula is C20H22N2OS. The normalized spacial score (nSPS) is 25.7. The fourth-order valence-corrected chi connectivity index (χ4v) is 5.17. The summed E-state index contributed by atoms with van der Waals surface area (Å²) in [5.41, 5.74) is 8.60.